The predicted molar refractivity (Wildman–Crippen MR) is 64.5 cm³/mol. The van der Waals surface area contributed by atoms with Gasteiger partial charge in [0.15, 0.2) is 0 Å². The molecule has 1 fully saturated rings. The quantitative estimate of drug-likeness (QED) is 0.514. The average Bonchev–Trinajstić information content (AvgIpc) is 2.20. The van der Waals surface area contributed by atoms with E-state index in [1.165, 1.54) is 64.2 Å². The van der Waals surface area contributed by atoms with E-state index in [0.29, 0.717) is 0 Å². The Bertz CT molecular complexity index is 122. The van der Waals surface area contributed by atoms with E-state index in [1.54, 1.807) is 0 Å². The van der Waals surface area contributed by atoms with Gasteiger partial charge in [-0.3, -0.25) is 0 Å². The lowest BCUT2D eigenvalue weighted by molar-refractivity contribution is 0.286. The second-order valence-electron chi connectivity index (χ2n) is 5.34. The summed E-state index contributed by atoms with van der Waals surface area (Å²) in [6.45, 7) is 4.76. The Labute approximate surface area is 90.5 Å². The van der Waals surface area contributed by atoms with Gasteiger partial charge in [-0.1, -0.05) is 71.6 Å². The SMILES string of the molecule is CCCCC[C@@H](C)CC1CCCCC1. The van der Waals surface area contributed by atoms with Gasteiger partial charge in [-0.25, -0.2) is 0 Å². The summed E-state index contributed by atoms with van der Waals surface area (Å²) < 4.78 is 0. The second kappa shape index (κ2) is 7.31. The number of hydrogen-bond donors (Lipinski definition) is 0. The van der Waals surface area contributed by atoms with Crippen LogP contribution in [-0.4, -0.2) is 0 Å². The van der Waals surface area contributed by atoms with Crippen molar-refractivity contribution in [1.29, 1.82) is 0 Å². The maximum absolute atomic E-state index is 2.46. The molecule has 1 aliphatic carbocycles. The molecular weight excluding hydrogens is 168 g/mol. The van der Waals surface area contributed by atoms with E-state index >= 15 is 0 Å². The molecule has 0 bridgehead atoms. The standard InChI is InChI=1S/C14H28/c1-3-4-6-9-13(2)12-14-10-7-5-8-11-14/h13-14H,3-12H2,1-2H3/t13-/m1/s1. The molecular formula is C14H28. The van der Waals surface area contributed by atoms with Crippen LogP contribution >= 0.6 is 0 Å². The first-order valence-corrected chi connectivity index (χ1v) is 6.83. The van der Waals surface area contributed by atoms with Gasteiger partial charge in [0.1, 0.15) is 0 Å². The first-order valence-electron chi connectivity index (χ1n) is 6.83. The molecule has 1 atom stereocenters. The molecule has 0 aromatic carbocycles. The highest BCUT2D eigenvalue weighted by molar-refractivity contribution is 4.68. The van der Waals surface area contributed by atoms with Crippen LogP contribution in [0.2, 0.25) is 0 Å². The summed E-state index contributed by atoms with van der Waals surface area (Å²) in [6, 6.07) is 0. The molecule has 0 aliphatic heterocycles. The van der Waals surface area contributed by atoms with Gasteiger partial charge in [-0.15, -0.1) is 0 Å². The van der Waals surface area contributed by atoms with Crippen LogP contribution in [0.5, 0.6) is 0 Å². The van der Waals surface area contributed by atoms with Crippen LogP contribution in [0.15, 0.2) is 0 Å². The third kappa shape index (κ3) is 5.02. The third-order valence-corrected chi connectivity index (χ3v) is 3.76. The molecule has 0 spiro atoms. The van der Waals surface area contributed by atoms with E-state index in [9.17, 15) is 0 Å². The minimum atomic E-state index is 0.990. The van der Waals surface area contributed by atoms with Crippen molar-refractivity contribution in [3.8, 4) is 0 Å². The molecule has 0 radical (unpaired) electrons. The first kappa shape index (κ1) is 12.1. The summed E-state index contributed by atoms with van der Waals surface area (Å²) in [6.07, 6.45) is 14.8. The lowest BCUT2D eigenvalue weighted by atomic mass is 9.82. The fourth-order valence-electron chi connectivity index (χ4n) is 2.85. The highest BCUT2D eigenvalue weighted by atomic mass is 14.2. The normalized spacial score (nSPS) is 21.0. The van der Waals surface area contributed by atoms with E-state index in [0.717, 1.165) is 11.8 Å². The van der Waals surface area contributed by atoms with Gasteiger partial charge in [0.25, 0.3) is 0 Å². The molecule has 1 rings (SSSR count). The lowest BCUT2D eigenvalue weighted by Gasteiger charge is -2.24. The highest BCUT2D eigenvalue weighted by Crippen LogP contribution is 2.30. The van der Waals surface area contributed by atoms with E-state index in [1.807, 2.05) is 0 Å². The van der Waals surface area contributed by atoms with Crippen molar-refractivity contribution in [2.75, 3.05) is 0 Å². The molecule has 0 heteroatoms. The van der Waals surface area contributed by atoms with Crippen molar-refractivity contribution in [1.82, 2.24) is 0 Å². The molecule has 0 aromatic rings. The minimum absolute atomic E-state index is 0.990. The Morgan fingerprint density at radius 2 is 1.79 bits per heavy atom. The average molecular weight is 196 g/mol. The Morgan fingerprint density at radius 1 is 1.07 bits per heavy atom. The predicted octanol–water partition coefficient (Wildman–Crippen LogP) is 5.17. The monoisotopic (exact) mass is 196 g/mol. The molecule has 0 amide bonds. The zero-order chi connectivity index (χ0) is 10.2. The Balaban J connectivity index is 2.03. The van der Waals surface area contributed by atoms with Gasteiger partial charge in [0, 0.05) is 0 Å². The van der Waals surface area contributed by atoms with Gasteiger partial charge in [0.2, 0.25) is 0 Å². The van der Waals surface area contributed by atoms with Gasteiger partial charge < -0.3 is 0 Å². The van der Waals surface area contributed by atoms with Crippen molar-refractivity contribution in [2.45, 2.75) is 78.1 Å². The smallest absolute Gasteiger partial charge is 0.0412 e. The molecule has 0 nitrogen and oxygen atoms in total. The van der Waals surface area contributed by atoms with Crippen molar-refractivity contribution < 1.29 is 0 Å². The fraction of sp³-hybridized carbons (Fsp3) is 1.00. The van der Waals surface area contributed by atoms with Crippen molar-refractivity contribution >= 4 is 0 Å². The molecule has 0 unspecified atom stereocenters. The van der Waals surface area contributed by atoms with E-state index in [4.69, 9.17) is 0 Å². The Kier molecular flexibility index (Phi) is 6.31. The molecule has 1 saturated carbocycles. The summed E-state index contributed by atoms with van der Waals surface area (Å²) in [4.78, 5) is 0. The maximum Gasteiger partial charge on any atom is -0.0412 e. The maximum atomic E-state index is 2.46. The minimum Gasteiger partial charge on any atom is -0.0654 e. The van der Waals surface area contributed by atoms with Crippen LogP contribution in [0, 0.1) is 11.8 Å². The zero-order valence-electron chi connectivity index (χ0n) is 10.2. The van der Waals surface area contributed by atoms with Crippen molar-refractivity contribution in [2.24, 2.45) is 11.8 Å². The highest BCUT2D eigenvalue weighted by Gasteiger charge is 2.15. The molecule has 84 valence electrons. The van der Waals surface area contributed by atoms with E-state index < -0.39 is 0 Å². The number of rotatable bonds is 6. The lowest BCUT2D eigenvalue weighted by Crippen LogP contribution is -2.10. The van der Waals surface area contributed by atoms with Gasteiger partial charge in [0.05, 0.1) is 0 Å². The summed E-state index contributed by atoms with van der Waals surface area (Å²) in [5.74, 6) is 2.07. The molecule has 0 N–H and O–H groups in total. The Morgan fingerprint density at radius 3 is 2.43 bits per heavy atom. The molecule has 0 heterocycles. The number of unbranched alkanes of at least 4 members (excludes halogenated alkanes) is 2. The van der Waals surface area contributed by atoms with Crippen molar-refractivity contribution in [3.05, 3.63) is 0 Å². The molecule has 1 aliphatic rings. The van der Waals surface area contributed by atoms with Crippen LogP contribution < -0.4 is 0 Å². The van der Waals surface area contributed by atoms with Crippen LogP contribution in [0.3, 0.4) is 0 Å². The fourth-order valence-corrected chi connectivity index (χ4v) is 2.85. The summed E-state index contributed by atoms with van der Waals surface area (Å²) in [5.41, 5.74) is 0. The topological polar surface area (TPSA) is 0 Å². The Hall–Kier alpha value is 0. The number of hydrogen-bond acceptors (Lipinski definition) is 0. The van der Waals surface area contributed by atoms with Crippen LogP contribution in [0.4, 0.5) is 0 Å². The summed E-state index contributed by atoms with van der Waals surface area (Å²) in [5, 5.41) is 0. The van der Waals surface area contributed by atoms with Crippen molar-refractivity contribution in [3.63, 3.8) is 0 Å². The summed E-state index contributed by atoms with van der Waals surface area (Å²) >= 11 is 0. The van der Waals surface area contributed by atoms with Gasteiger partial charge in [-0.05, 0) is 18.3 Å². The molecule has 0 saturated heterocycles. The van der Waals surface area contributed by atoms with Crippen LogP contribution in [-0.2, 0) is 0 Å². The van der Waals surface area contributed by atoms with Crippen LogP contribution in [0.1, 0.15) is 78.1 Å². The van der Waals surface area contributed by atoms with Crippen LogP contribution in [0.25, 0.3) is 0 Å². The van der Waals surface area contributed by atoms with E-state index in [-0.39, 0.29) is 0 Å². The summed E-state index contributed by atoms with van der Waals surface area (Å²) in [7, 11) is 0. The molecule has 0 aromatic heterocycles. The first-order chi connectivity index (χ1) is 6.83. The van der Waals surface area contributed by atoms with Gasteiger partial charge in [-0.2, -0.15) is 0 Å². The van der Waals surface area contributed by atoms with Gasteiger partial charge >= 0.3 is 0 Å². The third-order valence-electron chi connectivity index (χ3n) is 3.76. The largest absolute Gasteiger partial charge is 0.0654 e. The van der Waals surface area contributed by atoms with E-state index in [2.05, 4.69) is 13.8 Å². The second-order valence-corrected chi connectivity index (χ2v) is 5.34. The molecule has 14 heavy (non-hydrogen) atoms. The zero-order valence-corrected chi connectivity index (χ0v) is 10.2.